The molecule has 2 aromatic rings. The van der Waals surface area contributed by atoms with Crippen LogP contribution in [0.2, 0.25) is 0 Å². The molecule has 0 saturated carbocycles. The molecule has 0 fully saturated rings. The van der Waals surface area contributed by atoms with E-state index in [2.05, 4.69) is 9.59 Å². The Morgan fingerprint density at radius 1 is 1.33 bits per heavy atom. The molecule has 114 valence electrons. The Labute approximate surface area is 122 Å². The molecule has 1 N–H and O–H groups in total. The van der Waals surface area contributed by atoms with Gasteiger partial charge in [-0.15, -0.1) is 5.10 Å². The summed E-state index contributed by atoms with van der Waals surface area (Å²) < 4.78 is 54.8. The Kier molecular flexibility index (Phi) is 4.58. The van der Waals surface area contributed by atoms with E-state index in [0.717, 1.165) is 24.0 Å². The van der Waals surface area contributed by atoms with E-state index in [1.807, 2.05) is 6.92 Å². The monoisotopic (exact) mass is 320 g/mol. The molecule has 21 heavy (non-hydrogen) atoms. The summed E-state index contributed by atoms with van der Waals surface area (Å²) in [7, 11) is 0. The number of aliphatic hydroxyl groups is 1. The lowest BCUT2D eigenvalue weighted by Crippen LogP contribution is -2.09. The SMILES string of the molecule is CCCc1nnsc1C(O)c1ccc(C(F)(F)F)c(F)c1. The van der Waals surface area contributed by atoms with Crippen LogP contribution in [-0.4, -0.2) is 14.7 Å². The molecule has 0 bridgehead atoms. The molecule has 0 aliphatic heterocycles. The number of aliphatic hydroxyl groups excluding tert-OH is 1. The predicted octanol–water partition coefficient (Wildman–Crippen LogP) is 3.73. The van der Waals surface area contributed by atoms with Gasteiger partial charge in [-0.25, -0.2) is 4.39 Å². The second-order valence-electron chi connectivity index (χ2n) is 4.47. The number of hydrogen-bond acceptors (Lipinski definition) is 4. The van der Waals surface area contributed by atoms with Crippen LogP contribution in [0.1, 0.15) is 41.1 Å². The van der Waals surface area contributed by atoms with Crippen LogP contribution < -0.4 is 0 Å². The van der Waals surface area contributed by atoms with Crippen molar-refractivity contribution >= 4 is 11.5 Å². The van der Waals surface area contributed by atoms with Crippen molar-refractivity contribution in [1.82, 2.24) is 9.59 Å². The first-order chi connectivity index (χ1) is 9.84. The minimum absolute atomic E-state index is 0.0453. The Morgan fingerprint density at radius 2 is 2.05 bits per heavy atom. The summed E-state index contributed by atoms with van der Waals surface area (Å²) >= 11 is 0.952. The van der Waals surface area contributed by atoms with Crippen molar-refractivity contribution in [3.05, 3.63) is 45.7 Å². The molecule has 0 saturated heterocycles. The Bertz CT molecular complexity index is 627. The highest BCUT2D eigenvalue weighted by atomic mass is 32.1. The average molecular weight is 320 g/mol. The van der Waals surface area contributed by atoms with Crippen molar-refractivity contribution in [1.29, 1.82) is 0 Å². The van der Waals surface area contributed by atoms with Crippen LogP contribution >= 0.6 is 11.5 Å². The molecule has 8 heteroatoms. The number of halogens is 4. The third-order valence-corrected chi connectivity index (χ3v) is 3.75. The van der Waals surface area contributed by atoms with Crippen LogP contribution in [0.5, 0.6) is 0 Å². The molecule has 1 atom stereocenters. The third-order valence-electron chi connectivity index (χ3n) is 2.93. The van der Waals surface area contributed by atoms with Crippen molar-refractivity contribution in [3.63, 3.8) is 0 Å². The number of aromatic nitrogens is 2. The number of alkyl halides is 3. The lowest BCUT2D eigenvalue weighted by atomic mass is 10.0. The molecule has 1 unspecified atom stereocenters. The van der Waals surface area contributed by atoms with Gasteiger partial charge in [0, 0.05) is 0 Å². The van der Waals surface area contributed by atoms with Gasteiger partial charge in [-0.3, -0.25) is 0 Å². The van der Waals surface area contributed by atoms with Gasteiger partial charge in [-0.1, -0.05) is 23.9 Å². The van der Waals surface area contributed by atoms with E-state index in [9.17, 15) is 22.7 Å². The zero-order chi connectivity index (χ0) is 15.6. The van der Waals surface area contributed by atoms with Crippen molar-refractivity contribution in [2.24, 2.45) is 0 Å². The Hall–Kier alpha value is -1.54. The third kappa shape index (κ3) is 3.38. The van der Waals surface area contributed by atoms with Gasteiger partial charge < -0.3 is 5.11 Å². The molecule has 1 aromatic heterocycles. The lowest BCUT2D eigenvalue weighted by molar-refractivity contribution is -0.140. The van der Waals surface area contributed by atoms with Crippen LogP contribution in [0.15, 0.2) is 18.2 Å². The first-order valence-electron chi connectivity index (χ1n) is 6.20. The van der Waals surface area contributed by atoms with Crippen molar-refractivity contribution in [2.45, 2.75) is 32.0 Å². The number of aryl methyl sites for hydroxylation is 1. The van der Waals surface area contributed by atoms with Gasteiger partial charge in [-0.2, -0.15) is 13.2 Å². The zero-order valence-corrected chi connectivity index (χ0v) is 11.8. The van der Waals surface area contributed by atoms with Gasteiger partial charge in [0.2, 0.25) is 0 Å². The highest BCUT2D eigenvalue weighted by molar-refractivity contribution is 7.05. The molecule has 0 spiro atoms. The van der Waals surface area contributed by atoms with E-state index in [-0.39, 0.29) is 5.56 Å². The summed E-state index contributed by atoms with van der Waals surface area (Å²) in [5, 5.41) is 14.1. The number of rotatable bonds is 4. The molecule has 0 amide bonds. The second kappa shape index (κ2) is 6.07. The number of benzene rings is 1. The van der Waals surface area contributed by atoms with E-state index in [0.29, 0.717) is 29.1 Å². The zero-order valence-electron chi connectivity index (χ0n) is 11.0. The molecule has 0 aliphatic rings. The van der Waals surface area contributed by atoms with Crippen LogP contribution in [0.25, 0.3) is 0 Å². The van der Waals surface area contributed by atoms with Gasteiger partial charge in [0.15, 0.2) is 0 Å². The van der Waals surface area contributed by atoms with Crippen LogP contribution in [0.4, 0.5) is 17.6 Å². The predicted molar refractivity (Wildman–Crippen MR) is 69.4 cm³/mol. The largest absolute Gasteiger partial charge is 0.419 e. The standard InChI is InChI=1S/C13H12F4N2OS/c1-2-3-10-12(21-19-18-10)11(20)7-4-5-8(9(14)6-7)13(15,16)17/h4-6,11,20H,2-3H2,1H3. The smallest absolute Gasteiger partial charge is 0.383 e. The van der Waals surface area contributed by atoms with Crippen molar-refractivity contribution in [2.75, 3.05) is 0 Å². The number of hydrogen-bond donors (Lipinski definition) is 1. The fourth-order valence-electron chi connectivity index (χ4n) is 1.92. The first kappa shape index (κ1) is 15.8. The maximum Gasteiger partial charge on any atom is 0.419 e. The summed E-state index contributed by atoms with van der Waals surface area (Å²) in [6, 6.07) is 2.39. The van der Waals surface area contributed by atoms with Gasteiger partial charge in [0.1, 0.15) is 11.9 Å². The fraction of sp³-hybridized carbons (Fsp3) is 0.385. The van der Waals surface area contributed by atoms with E-state index in [1.54, 1.807) is 0 Å². The second-order valence-corrected chi connectivity index (χ2v) is 5.26. The summed E-state index contributed by atoms with van der Waals surface area (Å²) in [6.07, 6.45) is -4.62. The normalized spacial score (nSPS) is 13.4. The van der Waals surface area contributed by atoms with E-state index in [4.69, 9.17) is 0 Å². The highest BCUT2D eigenvalue weighted by Gasteiger charge is 2.34. The fourth-order valence-corrected chi connectivity index (χ4v) is 2.63. The van der Waals surface area contributed by atoms with Crippen LogP contribution in [-0.2, 0) is 12.6 Å². The lowest BCUT2D eigenvalue weighted by Gasteiger charge is -2.13. The van der Waals surface area contributed by atoms with E-state index >= 15 is 0 Å². The molecular weight excluding hydrogens is 308 g/mol. The van der Waals surface area contributed by atoms with Gasteiger partial charge in [0.25, 0.3) is 0 Å². The topological polar surface area (TPSA) is 46.0 Å². The van der Waals surface area contributed by atoms with Crippen LogP contribution in [0.3, 0.4) is 0 Å². The Balaban J connectivity index is 2.34. The average Bonchev–Trinajstić information content (AvgIpc) is 2.85. The van der Waals surface area contributed by atoms with Crippen molar-refractivity contribution in [3.8, 4) is 0 Å². The minimum Gasteiger partial charge on any atom is -0.383 e. The van der Waals surface area contributed by atoms with Gasteiger partial charge in [-0.05, 0) is 35.6 Å². The summed E-state index contributed by atoms with van der Waals surface area (Å²) in [4.78, 5) is 0.427. The quantitative estimate of drug-likeness (QED) is 0.873. The summed E-state index contributed by atoms with van der Waals surface area (Å²) in [5.41, 5.74) is -0.728. The Morgan fingerprint density at radius 3 is 2.62 bits per heavy atom. The summed E-state index contributed by atoms with van der Waals surface area (Å²) in [6.45, 7) is 1.92. The highest BCUT2D eigenvalue weighted by Crippen LogP contribution is 2.34. The van der Waals surface area contributed by atoms with Crippen molar-refractivity contribution < 1.29 is 22.7 Å². The van der Waals surface area contributed by atoms with Crippen LogP contribution in [0, 0.1) is 5.82 Å². The molecule has 1 aromatic carbocycles. The number of nitrogens with zero attached hydrogens (tertiary/aromatic N) is 2. The maximum absolute atomic E-state index is 13.5. The van der Waals surface area contributed by atoms with Gasteiger partial charge in [0.05, 0.1) is 16.1 Å². The maximum atomic E-state index is 13.5. The molecule has 2 rings (SSSR count). The summed E-state index contributed by atoms with van der Waals surface area (Å²) in [5.74, 6) is -1.41. The molecule has 0 aliphatic carbocycles. The molecule has 3 nitrogen and oxygen atoms in total. The van der Waals surface area contributed by atoms with E-state index in [1.165, 1.54) is 0 Å². The van der Waals surface area contributed by atoms with E-state index < -0.39 is 23.7 Å². The first-order valence-corrected chi connectivity index (χ1v) is 6.97. The molecular formula is C13H12F4N2OS. The molecule has 1 heterocycles. The molecule has 0 radical (unpaired) electrons. The van der Waals surface area contributed by atoms with Gasteiger partial charge >= 0.3 is 6.18 Å². The minimum atomic E-state index is -4.76.